The summed E-state index contributed by atoms with van der Waals surface area (Å²) >= 11 is 0. The number of hydrogen-bond donors (Lipinski definition) is 2. The molecule has 6 heteroatoms. The second-order valence-electron chi connectivity index (χ2n) is 4.23. The first kappa shape index (κ1) is 13.7. The molecule has 0 saturated heterocycles. The zero-order valence-corrected chi connectivity index (χ0v) is 10.5. The van der Waals surface area contributed by atoms with Crippen LogP contribution in [0.4, 0.5) is 0 Å². The molecule has 2 aromatic heterocycles. The zero-order valence-electron chi connectivity index (χ0n) is 10.5. The van der Waals surface area contributed by atoms with Crippen LogP contribution < -0.4 is 0 Å². The first-order valence-corrected chi connectivity index (χ1v) is 5.92. The van der Waals surface area contributed by atoms with Crippen molar-refractivity contribution in [2.75, 3.05) is 0 Å². The number of rotatable bonds is 6. The number of carboxylic acids is 1. The van der Waals surface area contributed by atoms with Crippen molar-refractivity contribution in [2.45, 2.75) is 12.8 Å². The fraction of sp³-hybridized carbons (Fsp3) is 0.143. The molecule has 2 rings (SSSR count). The van der Waals surface area contributed by atoms with Crippen LogP contribution >= 0.6 is 0 Å². The number of ketones is 2. The molecule has 0 unspecified atom stereocenters. The molecular formula is C14H12N2O4. The third-order valence-electron chi connectivity index (χ3n) is 2.82. The van der Waals surface area contributed by atoms with Gasteiger partial charge in [-0.25, -0.2) is 4.79 Å². The summed E-state index contributed by atoms with van der Waals surface area (Å²) in [6.07, 6.45) is 4.74. The first-order chi connectivity index (χ1) is 9.58. The molecule has 6 nitrogen and oxygen atoms in total. The van der Waals surface area contributed by atoms with E-state index in [2.05, 4.69) is 9.97 Å². The highest BCUT2D eigenvalue weighted by molar-refractivity contribution is 6.37. The summed E-state index contributed by atoms with van der Waals surface area (Å²) < 4.78 is 0. The molecule has 102 valence electrons. The van der Waals surface area contributed by atoms with Crippen LogP contribution in [0, 0.1) is 0 Å². The standard InChI is InChI=1S/C14H12N2O4/c17-12(8-13(18)14(19)20)10-3-6-16-11(10)7-9-1-4-15-5-2-9/h1-6,16H,7-8H2,(H,19,20). The van der Waals surface area contributed by atoms with E-state index < -0.39 is 24.0 Å². The number of aromatic nitrogens is 2. The van der Waals surface area contributed by atoms with Gasteiger partial charge in [-0.15, -0.1) is 0 Å². The number of carbonyl (C=O) groups excluding carboxylic acids is 2. The fourth-order valence-corrected chi connectivity index (χ4v) is 1.83. The Morgan fingerprint density at radius 2 is 1.85 bits per heavy atom. The number of carbonyl (C=O) groups is 3. The highest BCUT2D eigenvalue weighted by Crippen LogP contribution is 2.14. The Morgan fingerprint density at radius 3 is 2.50 bits per heavy atom. The van der Waals surface area contributed by atoms with Gasteiger partial charge in [0, 0.05) is 36.3 Å². The van der Waals surface area contributed by atoms with Gasteiger partial charge in [0.15, 0.2) is 5.78 Å². The number of carboxylic acid groups (broad SMARTS) is 1. The zero-order chi connectivity index (χ0) is 14.5. The summed E-state index contributed by atoms with van der Waals surface area (Å²) in [4.78, 5) is 40.3. The third kappa shape index (κ3) is 3.17. The molecule has 0 spiro atoms. The molecule has 0 amide bonds. The van der Waals surface area contributed by atoms with Gasteiger partial charge in [0.05, 0.1) is 6.42 Å². The second-order valence-corrected chi connectivity index (χ2v) is 4.23. The number of pyridine rings is 1. The number of aromatic amines is 1. The van der Waals surface area contributed by atoms with Crippen molar-refractivity contribution in [1.82, 2.24) is 9.97 Å². The van der Waals surface area contributed by atoms with Crippen LogP contribution in [0.1, 0.15) is 28.0 Å². The number of nitrogens with zero attached hydrogens (tertiary/aromatic N) is 1. The molecule has 2 aromatic rings. The Labute approximate surface area is 114 Å². The lowest BCUT2D eigenvalue weighted by atomic mass is 10.0. The van der Waals surface area contributed by atoms with Crippen molar-refractivity contribution in [3.63, 3.8) is 0 Å². The summed E-state index contributed by atoms with van der Waals surface area (Å²) in [6.45, 7) is 0. The number of aliphatic carboxylic acids is 1. The molecule has 20 heavy (non-hydrogen) atoms. The molecule has 0 fully saturated rings. The number of hydrogen-bond acceptors (Lipinski definition) is 4. The molecule has 2 N–H and O–H groups in total. The van der Waals surface area contributed by atoms with E-state index in [0.29, 0.717) is 17.7 Å². The van der Waals surface area contributed by atoms with Crippen molar-refractivity contribution < 1.29 is 19.5 Å². The SMILES string of the molecule is O=C(O)C(=O)CC(=O)c1cc[nH]c1Cc1ccncc1. The number of nitrogens with one attached hydrogen (secondary N) is 1. The molecule has 0 bridgehead atoms. The van der Waals surface area contributed by atoms with Gasteiger partial charge in [0.1, 0.15) is 0 Å². The van der Waals surface area contributed by atoms with Gasteiger partial charge < -0.3 is 10.1 Å². The van der Waals surface area contributed by atoms with Crippen LogP contribution in [0.5, 0.6) is 0 Å². The first-order valence-electron chi connectivity index (χ1n) is 5.92. The summed E-state index contributed by atoms with van der Waals surface area (Å²) in [7, 11) is 0. The largest absolute Gasteiger partial charge is 0.475 e. The minimum Gasteiger partial charge on any atom is -0.475 e. The van der Waals surface area contributed by atoms with Crippen molar-refractivity contribution in [2.24, 2.45) is 0 Å². The maximum absolute atomic E-state index is 11.9. The third-order valence-corrected chi connectivity index (χ3v) is 2.82. The molecule has 0 radical (unpaired) electrons. The van der Waals surface area contributed by atoms with E-state index >= 15 is 0 Å². The number of H-pyrrole nitrogens is 1. The van der Waals surface area contributed by atoms with E-state index in [1.807, 2.05) is 12.1 Å². The van der Waals surface area contributed by atoms with Crippen molar-refractivity contribution in [1.29, 1.82) is 0 Å². The average molecular weight is 272 g/mol. The minimum absolute atomic E-state index is 0.344. The Hall–Kier alpha value is -2.76. The van der Waals surface area contributed by atoms with Crippen LogP contribution in [-0.4, -0.2) is 32.6 Å². The highest BCUT2D eigenvalue weighted by Gasteiger charge is 2.20. The number of Topliss-reactive ketones (excluding diaryl/α,β-unsaturated/α-hetero) is 2. The van der Waals surface area contributed by atoms with Crippen LogP contribution in [-0.2, 0) is 16.0 Å². The topological polar surface area (TPSA) is 100 Å². The fourth-order valence-electron chi connectivity index (χ4n) is 1.83. The van der Waals surface area contributed by atoms with Crippen molar-refractivity contribution >= 4 is 17.5 Å². The quantitative estimate of drug-likeness (QED) is 0.468. The predicted octanol–water partition coefficient (Wildman–Crippen LogP) is 1.23. The smallest absolute Gasteiger partial charge is 0.372 e. The molecule has 0 aliphatic carbocycles. The maximum atomic E-state index is 11.9. The van der Waals surface area contributed by atoms with E-state index in [1.165, 1.54) is 0 Å². The van der Waals surface area contributed by atoms with Gasteiger partial charge in [-0.05, 0) is 23.8 Å². The van der Waals surface area contributed by atoms with E-state index in [4.69, 9.17) is 5.11 Å². The second kappa shape index (κ2) is 5.92. The van der Waals surface area contributed by atoms with Gasteiger partial charge in [-0.3, -0.25) is 14.6 Å². The lowest BCUT2D eigenvalue weighted by Crippen LogP contribution is -2.17. The van der Waals surface area contributed by atoms with E-state index in [1.54, 1.807) is 24.7 Å². The molecule has 0 aliphatic rings. The van der Waals surface area contributed by atoms with Crippen LogP contribution in [0.3, 0.4) is 0 Å². The van der Waals surface area contributed by atoms with Crippen LogP contribution in [0.25, 0.3) is 0 Å². The minimum atomic E-state index is -1.59. The summed E-state index contributed by atoms with van der Waals surface area (Å²) in [6, 6.07) is 5.18. The molecule has 0 atom stereocenters. The molecule has 2 heterocycles. The molecular weight excluding hydrogens is 260 g/mol. The van der Waals surface area contributed by atoms with Crippen molar-refractivity contribution in [3.8, 4) is 0 Å². The maximum Gasteiger partial charge on any atom is 0.372 e. The average Bonchev–Trinajstić information content (AvgIpc) is 2.88. The molecule has 0 saturated carbocycles. The molecule has 0 aliphatic heterocycles. The molecule has 0 aromatic carbocycles. The normalized spacial score (nSPS) is 10.2. The summed E-state index contributed by atoms with van der Waals surface area (Å²) in [5, 5.41) is 8.52. The van der Waals surface area contributed by atoms with Crippen LogP contribution in [0.15, 0.2) is 36.8 Å². The van der Waals surface area contributed by atoms with Gasteiger partial charge in [0.2, 0.25) is 5.78 Å². The van der Waals surface area contributed by atoms with Gasteiger partial charge in [0.25, 0.3) is 0 Å². The summed E-state index contributed by atoms with van der Waals surface area (Å²) in [5.74, 6) is -3.20. The van der Waals surface area contributed by atoms with Gasteiger partial charge in [-0.2, -0.15) is 0 Å². The Morgan fingerprint density at radius 1 is 1.15 bits per heavy atom. The Balaban J connectivity index is 2.14. The highest BCUT2D eigenvalue weighted by atomic mass is 16.4. The summed E-state index contributed by atoms with van der Waals surface area (Å²) in [5.41, 5.74) is 1.96. The van der Waals surface area contributed by atoms with E-state index in [9.17, 15) is 14.4 Å². The Bertz CT molecular complexity index is 646. The van der Waals surface area contributed by atoms with Crippen LogP contribution in [0.2, 0.25) is 0 Å². The lowest BCUT2D eigenvalue weighted by Gasteiger charge is -2.03. The van der Waals surface area contributed by atoms with Gasteiger partial charge >= 0.3 is 5.97 Å². The van der Waals surface area contributed by atoms with Crippen molar-refractivity contribution in [3.05, 3.63) is 53.6 Å². The van der Waals surface area contributed by atoms with E-state index in [-0.39, 0.29) is 0 Å². The van der Waals surface area contributed by atoms with Gasteiger partial charge in [-0.1, -0.05) is 0 Å². The van der Waals surface area contributed by atoms with E-state index in [0.717, 1.165) is 5.56 Å². The monoisotopic (exact) mass is 272 g/mol. The Kier molecular flexibility index (Phi) is 4.05. The lowest BCUT2D eigenvalue weighted by molar-refractivity contribution is -0.148. The predicted molar refractivity (Wildman–Crippen MR) is 69.4 cm³/mol.